The van der Waals surface area contributed by atoms with Gasteiger partial charge in [-0.2, -0.15) is 0 Å². The zero-order valence-electron chi connectivity index (χ0n) is 9.20. The number of rotatable bonds is 8. The van der Waals surface area contributed by atoms with Crippen molar-refractivity contribution in [3.63, 3.8) is 0 Å². The van der Waals surface area contributed by atoms with Gasteiger partial charge in [-0.3, -0.25) is 0 Å². The Morgan fingerprint density at radius 1 is 1.43 bits per heavy atom. The van der Waals surface area contributed by atoms with Crippen molar-refractivity contribution in [3.05, 3.63) is 0 Å². The topological polar surface area (TPSA) is 67.8 Å². The van der Waals surface area contributed by atoms with Crippen molar-refractivity contribution in [2.45, 2.75) is 39.5 Å². The molecular formula is C10H22N2O2. The molecule has 0 aromatic rings. The van der Waals surface area contributed by atoms with Crippen LogP contribution in [0.25, 0.3) is 0 Å². The molecule has 0 bridgehead atoms. The van der Waals surface area contributed by atoms with Gasteiger partial charge in [0.2, 0.25) is 0 Å². The number of nitrogens with zero attached hydrogens (tertiary/aromatic N) is 1. The molecule has 4 nitrogen and oxygen atoms in total. The number of hydrogen-bond donors (Lipinski definition) is 2. The van der Waals surface area contributed by atoms with E-state index in [-0.39, 0.29) is 11.8 Å². The van der Waals surface area contributed by atoms with E-state index in [1.54, 1.807) is 0 Å². The van der Waals surface area contributed by atoms with Gasteiger partial charge in [-0.05, 0) is 6.42 Å². The minimum atomic E-state index is -0.00817. The van der Waals surface area contributed by atoms with E-state index in [2.05, 4.69) is 12.1 Å². The average molecular weight is 202 g/mol. The lowest BCUT2D eigenvalue weighted by Crippen LogP contribution is -2.25. The first-order valence-electron chi connectivity index (χ1n) is 5.27. The molecule has 0 fully saturated rings. The maximum absolute atomic E-state index is 8.39. The molecule has 0 amide bonds. The van der Waals surface area contributed by atoms with Gasteiger partial charge >= 0.3 is 0 Å². The minimum Gasteiger partial charge on any atom is -0.409 e. The molecule has 1 unspecified atom stereocenters. The Kier molecular flexibility index (Phi) is 8.33. The van der Waals surface area contributed by atoms with Crippen LogP contribution in [0.4, 0.5) is 0 Å². The quantitative estimate of drug-likeness (QED) is 0.208. The molecular weight excluding hydrogens is 180 g/mol. The Hall–Kier alpha value is -0.770. The average Bonchev–Trinajstić information content (AvgIpc) is 2.21. The van der Waals surface area contributed by atoms with Crippen LogP contribution in [0.5, 0.6) is 0 Å². The van der Waals surface area contributed by atoms with Crippen LogP contribution in [0.1, 0.15) is 39.5 Å². The van der Waals surface area contributed by atoms with Crippen LogP contribution < -0.4 is 5.73 Å². The molecule has 0 radical (unpaired) electrons. The van der Waals surface area contributed by atoms with Crippen molar-refractivity contribution in [2.24, 2.45) is 16.8 Å². The normalized spacial score (nSPS) is 14.3. The van der Waals surface area contributed by atoms with Crippen molar-refractivity contribution >= 4 is 5.84 Å². The Bertz CT molecular complexity index is 160. The minimum absolute atomic E-state index is 0.00817. The van der Waals surface area contributed by atoms with E-state index in [4.69, 9.17) is 15.7 Å². The van der Waals surface area contributed by atoms with Crippen LogP contribution in [0.3, 0.4) is 0 Å². The van der Waals surface area contributed by atoms with Crippen molar-refractivity contribution in [2.75, 3.05) is 13.2 Å². The molecule has 0 aliphatic rings. The maximum Gasteiger partial charge on any atom is 0.144 e. The molecule has 0 aliphatic carbocycles. The summed E-state index contributed by atoms with van der Waals surface area (Å²) >= 11 is 0. The Labute approximate surface area is 86.1 Å². The maximum atomic E-state index is 8.39. The molecule has 0 aromatic heterocycles. The van der Waals surface area contributed by atoms with Crippen LogP contribution in [0.2, 0.25) is 0 Å². The lowest BCUT2D eigenvalue weighted by atomic mass is 10.2. The van der Waals surface area contributed by atoms with E-state index in [1.165, 1.54) is 19.3 Å². The first-order chi connectivity index (χ1) is 6.72. The van der Waals surface area contributed by atoms with Gasteiger partial charge in [0.05, 0.1) is 6.61 Å². The molecule has 4 heteroatoms. The van der Waals surface area contributed by atoms with Gasteiger partial charge in [0, 0.05) is 12.5 Å². The van der Waals surface area contributed by atoms with Crippen LogP contribution in [0, 0.1) is 5.92 Å². The van der Waals surface area contributed by atoms with Gasteiger partial charge in [0.25, 0.3) is 0 Å². The molecule has 0 saturated heterocycles. The van der Waals surface area contributed by atoms with Crippen molar-refractivity contribution in [1.29, 1.82) is 0 Å². The second-order valence-corrected chi connectivity index (χ2v) is 3.56. The number of unbranched alkanes of at least 4 members (excludes halogenated alkanes) is 3. The summed E-state index contributed by atoms with van der Waals surface area (Å²) in [7, 11) is 0. The van der Waals surface area contributed by atoms with Gasteiger partial charge in [0.15, 0.2) is 0 Å². The van der Waals surface area contributed by atoms with Gasteiger partial charge in [-0.1, -0.05) is 38.3 Å². The molecule has 84 valence electrons. The molecule has 3 N–H and O–H groups in total. The van der Waals surface area contributed by atoms with E-state index < -0.39 is 0 Å². The SMILES string of the molecule is CCCCCCOCC(C)/C(N)=N/O. The highest BCUT2D eigenvalue weighted by atomic mass is 16.5. The third kappa shape index (κ3) is 6.71. The standard InChI is InChI=1S/C10H22N2O2/c1-3-4-5-6-7-14-8-9(2)10(11)12-13/h9,13H,3-8H2,1-2H3,(H2,11,12). The molecule has 0 aliphatic heterocycles. The zero-order chi connectivity index (χ0) is 10.8. The summed E-state index contributed by atoms with van der Waals surface area (Å²) in [5.41, 5.74) is 5.40. The Balaban J connectivity index is 3.27. The van der Waals surface area contributed by atoms with Gasteiger partial charge in [0.1, 0.15) is 5.84 Å². The number of oxime groups is 1. The van der Waals surface area contributed by atoms with Crippen molar-refractivity contribution < 1.29 is 9.94 Å². The number of hydrogen-bond acceptors (Lipinski definition) is 3. The largest absolute Gasteiger partial charge is 0.409 e. The summed E-state index contributed by atoms with van der Waals surface area (Å²) in [6.45, 7) is 5.35. The summed E-state index contributed by atoms with van der Waals surface area (Å²) < 4.78 is 5.39. The Morgan fingerprint density at radius 2 is 2.14 bits per heavy atom. The molecule has 0 saturated carbocycles. The van der Waals surface area contributed by atoms with Crippen LogP contribution in [-0.4, -0.2) is 24.3 Å². The number of ether oxygens (including phenoxy) is 1. The van der Waals surface area contributed by atoms with E-state index >= 15 is 0 Å². The molecule has 0 heterocycles. The first-order valence-corrected chi connectivity index (χ1v) is 5.27. The lowest BCUT2D eigenvalue weighted by Gasteiger charge is -2.09. The summed E-state index contributed by atoms with van der Waals surface area (Å²) in [6, 6.07) is 0. The molecule has 0 spiro atoms. The highest BCUT2D eigenvalue weighted by Gasteiger charge is 2.06. The predicted octanol–water partition coefficient (Wildman–Crippen LogP) is 1.97. The monoisotopic (exact) mass is 202 g/mol. The van der Waals surface area contributed by atoms with Gasteiger partial charge in [-0.25, -0.2) is 0 Å². The molecule has 0 aromatic carbocycles. The van der Waals surface area contributed by atoms with Crippen molar-refractivity contribution in [1.82, 2.24) is 0 Å². The second kappa shape index (κ2) is 8.81. The summed E-state index contributed by atoms with van der Waals surface area (Å²) in [6.07, 6.45) is 4.81. The zero-order valence-corrected chi connectivity index (χ0v) is 9.20. The Morgan fingerprint density at radius 3 is 2.71 bits per heavy atom. The van der Waals surface area contributed by atoms with E-state index in [0.29, 0.717) is 6.61 Å². The summed E-state index contributed by atoms with van der Waals surface area (Å²) in [4.78, 5) is 0. The lowest BCUT2D eigenvalue weighted by molar-refractivity contribution is 0.116. The van der Waals surface area contributed by atoms with Crippen molar-refractivity contribution in [3.8, 4) is 0 Å². The number of amidine groups is 1. The third-order valence-electron chi connectivity index (χ3n) is 2.13. The summed E-state index contributed by atoms with van der Waals surface area (Å²) in [5.74, 6) is 0.227. The fourth-order valence-corrected chi connectivity index (χ4v) is 1.07. The van der Waals surface area contributed by atoms with Gasteiger partial charge in [-0.15, -0.1) is 0 Å². The number of nitrogens with two attached hydrogens (primary N) is 1. The smallest absolute Gasteiger partial charge is 0.144 e. The highest BCUT2D eigenvalue weighted by molar-refractivity contribution is 5.81. The van der Waals surface area contributed by atoms with Crippen LogP contribution >= 0.6 is 0 Å². The van der Waals surface area contributed by atoms with Crippen LogP contribution in [0.15, 0.2) is 5.16 Å². The first kappa shape index (κ1) is 13.2. The van der Waals surface area contributed by atoms with E-state index in [1.807, 2.05) is 6.92 Å². The highest BCUT2D eigenvalue weighted by Crippen LogP contribution is 2.01. The van der Waals surface area contributed by atoms with E-state index in [0.717, 1.165) is 13.0 Å². The molecule has 14 heavy (non-hydrogen) atoms. The predicted molar refractivity (Wildman–Crippen MR) is 57.5 cm³/mol. The summed E-state index contributed by atoms with van der Waals surface area (Å²) in [5, 5.41) is 11.3. The van der Waals surface area contributed by atoms with Gasteiger partial charge < -0.3 is 15.7 Å². The fraction of sp³-hybridized carbons (Fsp3) is 0.900. The molecule has 0 rings (SSSR count). The third-order valence-corrected chi connectivity index (χ3v) is 2.13. The molecule has 1 atom stereocenters. The van der Waals surface area contributed by atoms with Crippen LogP contribution in [-0.2, 0) is 4.74 Å². The fourth-order valence-electron chi connectivity index (χ4n) is 1.07. The van der Waals surface area contributed by atoms with E-state index in [9.17, 15) is 0 Å². The second-order valence-electron chi connectivity index (χ2n) is 3.56.